The van der Waals surface area contributed by atoms with Gasteiger partial charge in [0.05, 0.1) is 0 Å². The van der Waals surface area contributed by atoms with E-state index in [-0.39, 0.29) is 5.82 Å². The van der Waals surface area contributed by atoms with Crippen molar-refractivity contribution in [2.45, 2.75) is 6.42 Å². The number of nitrogens with two attached hydrogens (primary N) is 1. The molecule has 5 nitrogen and oxygen atoms in total. The Morgan fingerprint density at radius 3 is 2.53 bits per heavy atom. The molecule has 1 heterocycles. The molecule has 0 aliphatic heterocycles. The van der Waals surface area contributed by atoms with Crippen LogP contribution in [0.5, 0.6) is 0 Å². The van der Waals surface area contributed by atoms with Gasteiger partial charge < -0.3 is 10.7 Å². The first-order valence-electron chi connectivity index (χ1n) is 5.66. The molecular weight excluding hydrogens is 313 g/mol. The lowest BCUT2D eigenvalue weighted by molar-refractivity contribution is 0.627. The van der Waals surface area contributed by atoms with Crippen LogP contribution in [0.2, 0.25) is 0 Å². The summed E-state index contributed by atoms with van der Waals surface area (Å²) in [5, 5.41) is 3.16. The SMILES string of the molecule is NNc1ncnc(NCCc2ccc(F)cc2)c1Br. The highest BCUT2D eigenvalue weighted by molar-refractivity contribution is 9.10. The molecule has 0 aliphatic rings. The van der Waals surface area contributed by atoms with Crippen LogP contribution in [-0.4, -0.2) is 16.5 Å². The molecule has 7 heteroatoms. The number of halogens is 2. The second-order valence-corrected chi connectivity index (χ2v) is 4.63. The molecule has 0 saturated carbocycles. The first-order chi connectivity index (χ1) is 9.20. The van der Waals surface area contributed by atoms with E-state index in [2.05, 4.69) is 36.6 Å². The molecule has 1 aromatic heterocycles. The van der Waals surface area contributed by atoms with Gasteiger partial charge in [0.2, 0.25) is 0 Å². The molecule has 0 saturated heterocycles. The molecule has 0 amide bonds. The molecule has 4 N–H and O–H groups in total. The summed E-state index contributed by atoms with van der Waals surface area (Å²) in [7, 11) is 0. The summed E-state index contributed by atoms with van der Waals surface area (Å²) in [5.41, 5.74) is 3.52. The van der Waals surface area contributed by atoms with E-state index in [0.29, 0.717) is 22.7 Å². The van der Waals surface area contributed by atoms with E-state index < -0.39 is 0 Å². The van der Waals surface area contributed by atoms with Crippen molar-refractivity contribution in [3.8, 4) is 0 Å². The van der Waals surface area contributed by atoms with Crippen LogP contribution in [0.15, 0.2) is 35.1 Å². The van der Waals surface area contributed by atoms with Crippen molar-refractivity contribution in [1.82, 2.24) is 9.97 Å². The minimum absolute atomic E-state index is 0.228. The molecule has 100 valence electrons. The third kappa shape index (κ3) is 3.62. The Kier molecular flexibility index (Phi) is 4.64. The standard InChI is InChI=1S/C12H13BrFN5/c13-10-11(17-7-18-12(10)19-15)16-6-5-8-1-3-9(14)4-2-8/h1-4,7H,5-6,15H2,(H2,16,17,18,19). The summed E-state index contributed by atoms with van der Waals surface area (Å²) >= 11 is 3.36. The van der Waals surface area contributed by atoms with Crippen LogP contribution < -0.4 is 16.6 Å². The van der Waals surface area contributed by atoms with E-state index >= 15 is 0 Å². The Morgan fingerprint density at radius 2 is 1.84 bits per heavy atom. The number of rotatable bonds is 5. The lowest BCUT2D eigenvalue weighted by Crippen LogP contribution is -2.12. The fraction of sp³-hybridized carbons (Fsp3) is 0.167. The van der Waals surface area contributed by atoms with E-state index in [4.69, 9.17) is 5.84 Å². The van der Waals surface area contributed by atoms with Crippen LogP contribution in [0.3, 0.4) is 0 Å². The summed E-state index contributed by atoms with van der Waals surface area (Å²) in [5.74, 6) is 6.26. The van der Waals surface area contributed by atoms with Crippen molar-refractivity contribution < 1.29 is 4.39 Å². The molecule has 1 aromatic carbocycles. The van der Waals surface area contributed by atoms with Crippen molar-refractivity contribution in [3.05, 3.63) is 46.4 Å². The summed E-state index contributed by atoms with van der Waals surface area (Å²) in [6.07, 6.45) is 2.18. The lowest BCUT2D eigenvalue weighted by atomic mass is 10.1. The predicted octanol–water partition coefficient (Wildman–Crippen LogP) is 2.32. The monoisotopic (exact) mass is 325 g/mol. The molecule has 0 spiro atoms. The van der Waals surface area contributed by atoms with Gasteiger partial charge in [0.1, 0.15) is 22.4 Å². The van der Waals surface area contributed by atoms with Gasteiger partial charge >= 0.3 is 0 Å². The van der Waals surface area contributed by atoms with Crippen LogP contribution in [0.4, 0.5) is 16.0 Å². The second-order valence-electron chi connectivity index (χ2n) is 3.83. The predicted molar refractivity (Wildman–Crippen MR) is 76.1 cm³/mol. The van der Waals surface area contributed by atoms with Crippen LogP contribution in [0.1, 0.15) is 5.56 Å². The van der Waals surface area contributed by atoms with Crippen LogP contribution >= 0.6 is 15.9 Å². The highest BCUT2D eigenvalue weighted by Crippen LogP contribution is 2.25. The Balaban J connectivity index is 1.94. The number of hydrogen-bond donors (Lipinski definition) is 3. The largest absolute Gasteiger partial charge is 0.369 e. The molecule has 2 rings (SSSR count). The molecule has 19 heavy (non-hydrogen) atoms. The zero-order chi connectivity index (χ0) is 13.7. The van der Waals surface area contributed by atoms with Gasteiger partial charge in [-0.3, -0.25) is 0 Å². The molecular formula is C12H13BrFN5. The van der Waals surface area contributed by atoms with Gasteiger partial charge in [-0.05, 0) is 40.0 Å². The maximum absolute atomic E-state index is 12.8. The van der Waals surface area contributed by atoms with Crippen LogP contribution in [0, 0.1) is 5.82 Å². The highest BCUT2D eigenvalue weighted by Gasteiger charge is 2.06. The van der Waals surface area contributed by atoms with Gasteiger partial charge in [-0.1, -0.05) is 12.1 Å². The zero-order valence-electron chi connectivity index (χ0n) is 10.0. The van der Waals surface area contributed by atoms with Crippen molar-refractivity contribution in [2.24, 2.45) is 5.84 Å². The van der Waals surface area contributed by atoms with Crippen molar-refractivity contribution in [2.75, 3.05) is 17.3 Å². The summed E-state index contributed by atoms with van der Waals surface area (Å²) in [6, 6.07) is 6.43. The molecule has 0 bridgehead atoms. The highest BCUT2D eigenvalue weighted by atomic mass is 79.9. The van der Waals surface area contributed by atoms with E-state index in [0.717, 1.165) is 12.0 Å². The average molecular weight is 326 g/mol. The maximum Gasteiger partial charge on any atom is 0.159 e. The Morgan fingerprint density at radius 1 is 1.16 bits per heavy atom. The number of nitrogen functional groups attached to an aromatic ring is 1. The number of anilines is 2. The van der Waals surface area contributed by atoms with E-state index in [1.807, 2.05) is 0 Å². The number of hydrazine groups is 1. The normalized spacial score (nSPS) is 10.3. The minimum Gasteiger partial charge on any atom is -0.369 e. The van der Waals surface area contributed by atoms with Crippen molar-refractivity contribution in [3.63, 3.8) is 0 Å². The number of nitrogens with zero attached hydrogens (tertiary/aromatic N) is 2. The van der Waals surface area contributed by atoms with Crippen molar-refractivity contribution >= 4 is 27.6 Å². The first-order valence-corrected chi connectivity index (χ1v) is 6.45. The van der Waals surface area contributed by atoms with Gasteiger partial charge in [-0.25, -0.2) is 20.2 Å². The van der Waals surface area contributed by atoms with E-state index in [1.54, 1.807) is 12.1 Å². The van der Waals surface area contributed by atoms with Crippen molar-refractivity contribution in [1.29, 1.82) is 0 Å². The molecule has 0 atom stereocenters. The Bertz CT molecular complexity index is 546. The third-order valence-electron chi connectivity index (χ3n) is 2.55. The van der Waals surface area contributed by atoms with Gasteiger partial charge in [-0.15, -0.1) is 0 Å². The van der Waals surface area contributed by atoms with Crippen LogP contribution in [-0.2, 0) is 6.42 Å². The minimum atomic E-state index is -0.228. The van der Waals surface area contributed by atoms with E-state index in [9.17, 15) is 4.39 Å². The number of benzene rings is 1. The summed E-state index contributed by atoms with van der Waals surface area (Å²) in [4.78, 5) is 8.07. The topological polar surface area (TPSA) is 75.9 Å². The molecule has 0 aliphatic carbocycles. The average Bonchev–Trinajstić information content (AvgIpc) is 2.43. The fourth-order valence-electron chi connectivity index (χ4n) is 1.57. The smallest absolute Gasteiger partial charge is 0.159 e. The van der Waals surface area contributed by atoms with Gasteiger partial charge in [0, 0.05) is 6.54 Å². The number of aromatic nitrogens is 2. The van der Waals surface area contributed by atoms with Gasteiger partial charge in [-0.2, -0.15) is 0 Å². The Labute approximate surface area is 118 Å². The number of hydrogen-bond acceptors (Lipinski definition) is 5. The maximum atomic E-state index is 12.8. The first kappa shape index (κ1) is 13.7. The lowest BCUT2D eigenvalue weighted by Gasteiger charge is -2.09. The molecule has 0 radical (unpaired) electrons. The summed E-state index contributed by atoms with van der Waals surface area (Å²) < 4.78 is 13.4. The quantitative estimate of drug-likeness (QED) is 0.581. The van der Waals surface area contributed by atoms with E-state index in [1.165, 1.54) is 18.5 Å². The summed E-state index contributed by atoms with van der Waals surface area (Å²) in [6.45, 7) is 0.672. The molecule has 2 aromatic rings. The number of nitrogens with one attached hydrogen (secondary N) is 2. The molecule has 0 unspecified atom stereocenters. The Hall–Kier alpha value is -1.73. The third-order valence-corrected chi connectivity index (χ3v) is 3.30. The molecule has 0 fully saturated rings. The van der Waals surface area contributed by atoms with Gasteiger partial charge in [0.15, 0.2) is 5.82 Å². The fourth-order valence-corrected chi connectivity index (χ4v) is 2.03. The second kappa shape index (κ2) is 6.44. The van der Waals surface area contributed by atoms with Gasteiger partial charge in [0.25, 0.3) is 0 Å². The zero-order valence-corrected chi connectivity index (χ0v) is 11.6. The van der Waals surface area contributed by atoms with Crippen LogP contribution in [0.25, 0.3) is 0 Å².